The minimum absolute atomic E-state index is 0.0313. The van der Waals surface area contributed by atoms with Gasteiger partial charge in [0, 0.05) is 15.7 Å². The molecule has 0 aliphatic rings. The molecule has 0 aliphatic carbocycles. The van der Waals surface area contributed by atoms with Gasteiger partial charge in [-0.05, 0) is 79.2 Å². The average Bonchev–Trinajstić information content (AvgIpc) is 2.92. The molecule has 4 aromatic carbocycles. The molecule has 4 rings (SSSR count). The van der Waals surface area contributed by atoms with Crippen LogP contribution in [0.5, 0.6) is 5.75 Å². The summed E-state index contributed by atoms with van der Waals surface area (Å²) in [5, 5.41) is 2.98. The van der Waals surface area contributed by atoms with E-state index in [9.17, 15) is 21.6 Å². The molecule has 0 bridgehead atoms. The molecule has 0 heterocycles. The normalized spacial score (nSPS) is 11.5. The van der Waals surface area contributed by atoms with Gasteiger partial charge in [-0.2, -0.15) is 0 Å². The fraction of sp³-hybridized carbons (Fsp3) is 0.107. The molecule has 0 atom stereocenters. The summed E-state index contributed by atoms with van der Waals surface area (Å²) >= 11 is 12.2. The Morgan fingerprint density at radius 3 is 2.07 bits per heavy atom. The predicted octanol–water partition coefficient (Wildman–Crippen LogP) is 5.95. The fourth-order valence-electron chi connectivity index (χ4n) is 3.87. The van der Waals surface area contributed by atoms with E-state index in [1.54, 1.807) is 36.4 Å². The molecular formula is C28H25Cl2N3O6S2. The Hall–Kier alpha value is -3.77. The summed E-state index contributed by atoms with van der Waals surface area (Å²) in [6.45, 7) is 1.21. The second kappa shape index (κ2) is 12.4. The first kappa shape index (κ1) is 30.2. The number of carbonyl (C=O) groups is 1. The molecule has 4 aromatic rings. The number of ether oxygens (including phenoxy) is 1. The first-order chi connectivity index (χ1) is 19.4. The van der Waals surface area contributed by atoms with Crippen molar-refractivity contribution in [2.24, 2.45) is 0 Å². The van der Waals surface area contributed by atoms with Crippen LogP contribution in [-0.2, 0) is 24.8 Å². The number of benzene rings is 4. The topological polar surface area (TPSA) is 122 Å². The van der Waals surface area contributed by atoms with Crippen LogP contribution in [0.15, 0.2) is 101 Å². The van der Waals surface area contributed by atoms with E-state index in [0.29, 0.717) is 5.75 Å². The van der Waals surface area contributed by atoms with Crippen molar-refractivity contribution in [1.29, 1.82) is 0 Å². The molecular weight excluding hydrogens is 609 g/mol. The number of hydrogen-bond donors (Lipinski definition) is 2. The molecule has 0 saturated heterocycles. The van der Waals surface area contributed by atoms with Gasteiger partial charge in [0.2, 0.25) is 5.91 Å². The van der Waals surface area contributed by atoms with Gasteiger partial charge < -0.3 is 10.1 Å². The number of rotatable bonds is 10. The van der Waals surface area contributed by atoms with Crippen molar-refractivity contribution in [3.05, 3.63) is 107 Å². The van der Waals surface area contributed by atoms with Crippen LogP contribution in [0.1, 0.15) is 5.56 Å². The largest absolute Gasteiger partial charge is 0.495 e. The minimum Gasteiger partial charge on any atom is -0.495 e. The summed E-state index contributed by atoms with van der Waals surface area (Å²) in [7, 11) is -6.72. The third-order valence-corrected chi connectivity index (χ3v) is 9.41. The van der Waals surface area contributed by atoms with E-state index >= 15 is 0 Å². The van der Waals surface area contributed by atoms with Crippen molar-refractivity contribution in [3.8, 4) is 5.75 Å². The SMILES string of the molecule is COc1ccc(C)cc1NS(=O)(=O)c1ccc(NC(=O)CN(c2cc(Cl)cc(Cl)c2)S(=O)(=O)c2ccccc2)cc1. The van der Waals surface area contributed by atoms with Gasteiger partial charge in [0.05, 0.1) is 28.3 Å². The van der Waals surface area contributed by atoms with Gasteiger partial charge in [0.15, 0.2) is 0 Å². The molecule has 0 fully saturated rings. The number of halogens is 2. The van der Waals surface area contributed by atoms with E-state index in [1.807, 2.05) is 6.92 Å². The average molecular weight is 635 g/mol. The molecule has 41 heavy (non-hydrogen) atoms. The number of sulfonamides is 2. The molecule has 1 amide bonds. The van der Waals surface area contributed by atoms with Gasteiger partial charge in [-0.25, -0.2) is 16.8 Å². The zero-order chi connectivity index (χ0) is 29.8. The Balaban J connectivity index is 1.55. The van der Waals surface area contributed by atoms with Crippen LogP contribution in [0, 0.1) is 6.92 Å². The zero-order valence-corrected chi connectivity index (χ0v) is 25.0. The maximum absolute atomic E-state index is 13.5. The van der Waals surface area contributed by atoms with Crippen molar-refractivity contribution in [3.63, 3.8) is 0 Å². The summed E-state index contributed by atoms with van der Waals surface area (Å²) in [5.41, 5.74) is 1.47. The van der Waals surface area contributed by atoms with Crippen LogP contribution >= 0.6 is 23.2 Å². The summed E-state index contributed by atoms with van der Waals surface area (Å²) in [6.07, 6.45) is 0. The molecule has 9 nitrogen and oxygen atoms in total. The van der Waals surface area contributed by atoms with E-state index in [0.717, 1.165) is 9.87 Å². The fourth-order valence-corrected chi connectivity index (χ4v) is 6.87. The Morgan fingerprint density at radius 1 is 0.829 bits per heavy atom. The number of anilines is 3. The van der Waals surface area contributed by atoms with Crippen LogP contribution in [0.2, 0.25) is 10.0 Å². The summed E-state index contributed by atoms with van der Waals surface area (Å²) in [5.74, 6) is -0.321. The van der Waals surface area contributed by atoms with E-state index in [-0.39, 0.29) is 36.9 Å². The van der Waals surface area contributed by atoms with Crippen LogP contribution in [-0.4, -0.2) is 36.4 Å². The Morgan fingerprint density at radius 2 is 1.46 bits per heavy atom. The molecule has 0 aliphatic heterocycles. The van der Waals surface area contributed by atoms with Crippen LogP contribution in [0.3, 0.4) is 0 Å². The zero-order valence-electron chi connectivity index (χ0n) is 21.8. The highest BCUT2D eigenvalue weighted by Gasteiger charge is 2.28. The number of aryl methyl sites for hydroxylation is 1. The molecule has 0 aromatic heterocycles. The molecule has 0 unspecified atom stereocenters. The van der Waals surface area contributed by atoms with Gasteiger partial charge in [-0.3, -0.25) is 13.8 Å². The van der Waals surface area contributed by atoms with Crippen molar-refractivity contribution in [2.75, 3.05) is 28.0 Å². The van der Waals surface area contributed by atoms with E-state index in [2.05, 4.69) is 10.0 Å². The minimum atomic E-state index is -4.18. The second-order valence-electron chi connectivity index (χ2n) is 8.83. The maximum Gasteiger partial charge on any atom is 0.264 e. The third-order valence-electron chi connectivity index (χ3n) is 5.80. The first-order valence-corrected chi connectivity index (χ1v) is 15.7. The first-order valence-electron chi connectivity index (χ1n) is 12.0. The Kier molecular flexibility index (Phi) is 9.13. The molecule has 0 spiro atoms. The summed E-state index contributed by atoms with van der Waals surface area (Å²) in [6, 6.07) is 22.3. The lowest BCUT2D eigenvalue weighted by atomic mass is 10.2. The highest BCUT2D eigenvalue weighted by Crippen LogP contribution is 2.30. The van der Waals surface area contributed by atoms with Crippen LogP contribution < -0.4 is 19.1 Å². The highest BCUT2D eigenvalue weighted by atomic mass is 35.5. The quantitative estimate of drug-likeness (QED) is 0.223. The van der Waals surface area contributed by atoms with Gasteiger partial charge >= 0.3 is 0 Å². The lowest BCUT2D eigenvalue weighted by Gasteiger charge is -2.24. The number of methoxy groups -OCH3 is 1. The number of nitrogens with zero attached hydrogens (tertiary/aromatic N) is 1. The monoisotopic (exact) mass is 633 g/mol. The van der Waals surface area contributed by atoms with Crippen LogP contribution in [0.4, 0.5) is 17.1 Å². The Labute approximate surface area is 248 Å². The van der Waals surface area contributed by atoms with Crippen molar-refractivity contribution in [2.45, 2.75) is 16.7 Å². The lowest BCUT2D eigenvalue weighted by molar-refractivity contribution is -0.114. The number of carbonyl (C=O) groups excluding carboxylic acids is 1. The number of nitrogens with one attached hydrogen (secondary N) is 2. The van der Waals surface area contributed by atoms with Gasteiger partial charge in [-0.1, -0.05) is 47.5 Å². The van der Waals surface area contributed by atoms with Gasteiger partial charge in [0.25, 0.3) is 20.0 Å². The molecule has 214 valence electrons. The standard InChI is InChI=1S/C28H25Cl2N3O6S2/c1-19-8-13-27(39-2)26(14-19)32-40(35,36)24-11-9-22(10-12-24)31-28(34)18-33(23-16-20(29)15-21(30)17-23)41(37,38)25-6-4-3-5-7-25/h3-17,32H,18H2,1-2H3,(H,31,34). The summed E-state index contributed by atoms with van der Waals surface area (Å²) < 4.78 is 61.6. The molecule has 0 saturated carbocycles. The molecule has 2 N–H and O–H groups in total. The number of amides is 1. The lowest BCUT2D eigenvalue weighted by Crippen LogP contribution is -2.38. The smallest absolute Gasteiger partial charge is 0.264 e. The van der Waals surface area contributed by atoms with E-state index in [1.165, 1.54) is 61.7 Å². The maximum atomic E-state index is 13.5. The van der Waals surface area contributed by atoms with E-state index in [4.69, 9.17) is 27.9 Å². The van der Waals surface area contributed by atoms with Gasteiger partial charge in [0.1, 0.15) is 12.3 Å². The van der Waals surface area contributed by atoms with Gasteiger partial charge in [-0.15, -0.1) is 0 Å². The van der Waals surface area contributed by atoms with E-state index < -0.39 is 32.5 Å². The highest BCUT2D eigenvalue weighted by molar-refractivity contribution is 7.93. The molecule has 0 radical (unpaired) electrons. The number of hydrogen-bond acceptors (Lipinski definition) is 6. The Bertz CT molecular complexity index is 1760. The van der Waals surface area contributed by atoms with Crippen molar-refractivity contribution < 1.29 is 26.4 Å². The second-order valence-corrected chi connectivity index (χ2v) is 13.3. The van der Waals surface area contributed by atoms with Crippen molar-refractivity contribution in [1.82, 2.24) is 0 Å². The predicted molar refractivity (Wildman–Crippen MR) is 161 cm³/mol. The third kappa shape index (κ3) is 7.31. The summed E-state index contributed by atoms with van der Waals surface area (Å²) in [4.78, 5) is 13.0. The van der Waals surface area contributed by atoms with Crippen molar-refractivity contribution >= 4 is 66.2 Å². The molecule has 13 heteroatoms. The van der Waals surface area contributed by atoms with Crippen LogP contribution in [0.25, 0.3) is 0 Å².